The quantitative estimate of drug-likeness (QED) is 0.848. The van der Waals surface area contributed by atoms with E-state index in [9.17, 15) is 4.79 Å². The molecule has 6 heteroatoms. The molecular weight excluding hydrogens is 232 g/mol. The molecule has 0 aliphatic carbocycles. The topological polar surface area (TPSA) is 59.4 Å². The van der Waals surface area contributed by atoms with E-state index in [2.05, 4.69) is 21.8 Å². The average molecular weight is 252 g/mol. The van der Waals surface area contributed by atoms with Crippen molar-refractivity contribution in [3.63, 3.8) is 0 Å². The third-order valence-electron chi connectivity index (χ3n) is 3.05. The van der Waals surface area contributed by atoms with Crippen molar-refractivity contribution in [1.29, 1.82) is 0 Å². The smallest absolute Gasteiger partial charge is 0.317 e. The third kappa shape index (κ3) is 3.22. The molecule has 1 aromatic rings. The zero-order valence-electron chi connectivity index (χ0n) is 10.8. The molecule has 18 heavy (non-hydrogen) atoms. The van der Waals surface area contributed by atoms with Crippen LogP contribution in [0.5, 0.6) is 0 Å². The molecule has 1 aliphatic rings. The number of aromatic nitrogens is 2. The number of urea groups is 1. The van der Waals surface area contributed by atoms with E-state index in [1.165, 1.54) is 0 Å². The maximum absolute atomic E-state index is 11.8. The molecule has 1 N–H and O–H groups in total. The van der Waals surface area contributed by atoms with Gasteiger partial charge in [-0.15, -0.1) is 0 Å². The Morgan fingerprint density at radius 2 is 2.28 bits per heavy atom. The van der Waals surface area contributed by atoms with Gasteiger partial charge in [-0.1, -0.05) is 6.92 Å². The van der Waals surface area contributed by atoms with Gasteiger partial charge in [-0.05, 0) is 0 Å². The zero-order chi connectivity index (χ0) is 12.8. The number of rotatable bonds is 4. The predicted octanol–water partition coefficient (Wildman–Crippen LogP) is 0.487. The van der Waals surface area contributed by atoms with Gasteiger partial charge in [0.2, 0.25) is 0 Å². The Hall–Kier alpha value is -1.56. The lowest BCUT2D eigenvalue weighted by molar-refractivity contribution is 0.0532. The van der Waals surface area contributed by atoms with Crippen LogP contribution >= 0.6 is 0 Å². The first kappa shape index (κ1) is 12.9. The summed E-state index contributed by atoms with van der Waals surface area (Å²) in [5.41, 5.74) is 0. The highest BCUT2D eigenvalue weighted by Gasteiger charge is 2.15. The van der Waals surface area contributed by atoms with Crippen LogP contribution in [0.3, 0.4) is 0 Å². The van der Waals surface area contributed by atoms with Gasteiger partial charge in [0.25, 0.3) is 0 Å². The average Bonchev–Trinajstić information content (AvgIpc) is 2.87. The van der Waals surface area contributed by atoms with Crippen molar-refractivity contribution in [2.24, 2.45) is 0 Å². The number of nitrogens with one attached hydrogen (secondary N) is 1. The Morgan fingerprint density at radius 3 is 3.00 bits per heavy atom. The number of nitrogens with zero attached hydrogens (tertiary/aromatic N) is 3. The van der Waals surface area contributed by atoms with Crippen LogP contribution in [0.4, 0.5) is 4.79 Å². The van der Waals surface area contributed by atoms with Crippen molar-refractivity contribution in [3.8, 4) is 0 Å². The van der Waals surface area contributed by atoms with E-state index < -0.39 is 0 Å². The Kier molecular flexibility index (Phi) is 4.58. The molecule has 0 unspecified atom stereocenters. The van der Waals surface area contributed by atoms with E-state index in [4.69, 9.17) is 4.74 Å². The summed E-state index contributed by atoms with van der Waals surface area (Å²) in [6.45, 7) is 6.09. The van der Waals surface area contributed by atoms with E-state index >= 15 is 0 Å². The summed E-state index contributed by atoms with van der Waals surface area (Å²) < 4.78 is 7.28. The molecular formula is C12H20N4O2. The number of amides is 2. The molecule has 0 radical (unpaired) electrons. The monoisotopic (exact) mass is 252 g/mol. The van der Waals surface area contributed by atoms with Crippen molar-refractivity contribution in [2.75, 3.05) is 32.8 Å². The largest absolute Gasteiger partial charge is 0.378 e. The Labute approximate surface area is 107 Å². The molecule has 1 fully saturated rings. The van der Waals surface area contributed by atoms with Crippen LogP contribution in [0.15, 0.2) is 12.4 Å². The first-order valence-electron chi connectivity index (χ1n) is 6.41. The second kappa shape index (κ2) is 6.39. The molecule has 0 bridgehead atoms. The first-order chi connectivity index (χ1) is 8.81. The van der Waals surface area contributed by atoms with Gasteiger partial charge in [-0.3, -0.25) is 0 Å². The SMILES string of the molecule is CCc1nccn1CCNC(=O)N1CCOCC1. The standard InChI is InChI=1S/C12H20N4O2/c1-2-11-13-3-5-15(11)6-4-14-12(17)16-7-9-18-10-8-16/h3,5H,2,4,6-10H2,1H3,(H,14,17). The first-order valence-corrected chi connectivity index (χ1v) is 6.41. The number of hydrogen-bond acceptors (Lipinski definition) is 3. The van der Waals surface area contributed by atoms with Crippen molar-refractivity contribution in [3.05, 3.63) is 18.2 Å². The minimum absolute atomic E-state index is 0.00327. The summed E-state index contributed by atoms with van der Waals surface area (Å²) in [4.78, 5) is 17.9. The molecule has 2 rings (SSSR count). The molecule has 1 saturated heterocycles. The lowest BCUT2D eigenvalue weighted by atomic mass is 10.4. The number of morpholine rings is 1. The highest BCUT2D eigenvalue weighted by molar-refractivity contribution is 5.74. The van der Waals surface area contributed by atoms with E-state index in [0.717, 1.165) is 18.8 Å². The number of aryl methyl sites for hydroxylation is 1. The van der Waals surface area contributed by atoms with Crippen LogP contribution in [-0.4, -0.2) is 53.3 Å². The summed E-state index contributed by atoms with van der Waals surface area (Å²) >= 11 is 0. The fraction of sp³-hybridized carbons (Fsp3) is 0.667. The van der Waals surface area contributed by atoms with Crippen LogP contribution in [0.1, 0.15) is 12.7 Å². The summed E-state index contributed by atoms with van der Waals surface area (Å²) in [6, 6.07) is -0.00327. The summed E-state index contributed by atoms with van der Waals surface area (Å²) in [6.07, 6.45) is 4.65. The zero-order valence-corrected chi connectivity index (χ0v) is 10.8. The fourth-order valence-corrected chi connectivity index (χ4v) is 2.02. The molecule has 2 amide bonds. The van der Waals surface area contributed by atoms with Crippen LogP contribution in [-0.2, 0) is 17.7 Å². The van der Waals surface area contributed by atoms with Crippen molar-refractivity contribution in [1.82, 2.24) is 19.8 Å². The molecule has 6 nitrogen and oxygen atoms in total. The molecule has 1 aromatic heterocycles. The molecule has 0 saturated carbocycles. The fourth-order valence-electron chi connectivity index (χ4n) is 2.02. The summed E-state index contributed by atoms with van der Waals surface area (Å²) in [5.74, 6) is 1.05. The van der Waals surface area contributed by atoms with Crippen LogP contribution in [0.25, 0.3) is 0 Å². The van der Waals surface area contributed by atoms with Gasteiger partial charge in [0.1, 0.15) is 5.82 Å². The van der Waals surface area contributed by atoms with Gasteiger partial charge in [0, 0.05) is 45.0 Å². The molecule has 0 spiro atoms. The maximum atomic E-state index is 11.8. The van der Waals surface area contributed by atoms with Crippen LogP contribution in [0.2, 0.25) is 0 Å². The Morgan fingerprint density at radius 1 is 1.50 bits per heavy atom. The van der Waals surface area contributed by atoms with Gasteiger partial charge < -0.3 is 19.5 Å². The van der Waals surface area contributed by atoms with E-state index in [1.54, 1.807) is 11.1 Å². The minimum Gasteiger partial charge on any atom is -0.378 e. The summed E-state index contributed by atoms with van der Waals surface area (Å²) in [5, 5.41) is 2.92. The molecule has 0 atom stereocenters. The van der Waals surface area contributed by atoms with Crippen molar-refractivity contribution < 1.29 is 9.53 Å². The number of ether oxygens (including phenoxy) is 1. The van der Waals surface area contributed by atoms with Gasteiger partial charge in [-0.2, -0.15) is 0 Å². The van der Waals surface area contributed by atoms with Gasteiger partial charge >= 0.3 is 6.03 Å². The van der Waals surface area contributed by atoms with Crippen molar-refractivity contribution >= 4 is 6.03 Å². The predicted molar refractivity (Wildman–Crippen MR) is 67.4 cm³/mol. The van der Waals surface area contributed by atoms with Gasteiger partial charge in [0.05, 0.1) is 13.2 Å². The number of carbonyl (C=O) groups excluding carboxylic acids is 1. The molecule has 0 aromatic carbocycles. The minimum atomic E-state index is -0.00327. The lowest BCUT2D eigenvalue weighted by Gasteiger charge is -2.27. The third-order valence-corrected chi connectivity index (χ3v) is 3.05. The van der Waals surface area contributed by atoms with Gasteiger partial charge in [0.15, 0.2) is 0 Å². The van der Waals surface area contributed by atoms with Crippen molar-refractivity contribution in [2.45, 2.75) is 19.9 Å². The normalized spacial score (nSPS) is 15.7. The highest BCUT2D eigenvalue weighted by atomic mass is 16.5. The highest BCUT2D eigenvalue weighted by Crippen LogP contribution is 1.99. The summed E-state index contributed by atoms with van der Waals surface area (Å²) in [7, 11) is 0. The maximum Gasteiger partial charge on any atom is 0.317 e. The van der Waals surface area contributed by atoms with Crippen LogP contribution in [0, 0.1) is 0 Å². The second-order valence-corrected chi connectivity index (χ2v) is 4.22. The number of imidazole rings is 1. The lowest BCUT2D eigenvalue weighted by Crippen LogP contribution is -2.46. The molecule has 2 heterocycles. The van der Waals surface area contributed by atoms with Crippen LogP contribution < -0.4 is 5.32 Å². The van der Waals surface area contributed by atoms with Gasteiger partial charge in [-0.25, -0.2) is 9.78 Å². The Bertz CT molecular complexity index is 385. The number of carbonyl (C=O) groups is 1. The van der Waals surface area contributed by atoms with E-state index in [0.29, 0.717) is 32.8 Å². The molecule has 100 valence electrons. The molecule has 1 aliphatic heterocycles. The second-order valence-electron chi connectivity index (χ2n) is 4.22. The Balaban J connectivity index is 1.73. The van der Waals surface area contributed by atoms with E-state index in [-0.39, 0.29) is 6.03 Å². The number of hydrogen-bond donors (Lipinski definition) is 1. The van der Waals surface area contributed by atoms with E-state index in [1.807, 2.05) is 6.20 Å².